The lowest BCUT2D eigenvalue weighted by molar-refractivity contribution is 0.171. The van der Waals surface area contributed by atoms with Crippen molar-refractivity contribution < 1.29 is 27.0 Å². The normalized spacial score (nSPS) is 12.9. The molecule has 0 bridgehead atoms. The first kappa shape index (κ1) is 21.8. The molecular weight excluding hydrogens is 456 g/mol. The molecule has 1 N–H and O–H groups in total. The van der Waals surface area contributed by atoms with E-state index in [1.54, 1.807) is 42.5 Å². The monoisotopic (exact) mass is 478 g/mol. The van der Waals surface area contributed by atoms with Crippen molar-refractivity contribution in [2.75, 3.05) is 25.1 Å². The molecule has 34 heavy (non-hydrogen) atoms. The number of fused-ring (bicyclic) bond motifs is 1. The first-order valence-corrected chi connectivity index (χ1v) is 12.2. The van der Waals surface area contributed by atoms with Gasteiger partial charge in [0.2, 0.25) is 26.6 Å². The van der Waals surface area contributed by atoms with Crippen molar-refractivity contribution >= 4 is 21.4 Å². The summed E-state index contributed by atoms with van der Waals surface area (Å²) in [4.78, 5) is 4.40. The second-order valence-corrected chi connectivity index (χ2v) is 9.28. The summed E-state index contributed by atoms with van der Waals surface area (Å²) in [7, 11) is -4.05. The van der Waals surface area contributed by atoms with Crippen LogP contribution in [0, 0.1) is 0 Å². The molecular formula is C25H22N2O6S. The Kier molecular flexibility index (Phi) is 5.85. The van der Waals surface area contributed by atoms with Gasteiger partial charge in [0.05, 0.1) is 11.5 Å². The van der Waals surface area contributed by atoms with Gasteiger partial charge >= 0.3 is 0 Å². The van der Waals surface area contributed by atoms with Gasteiger partial charge in [-0.15, -0.1) is 0 Å². The minimum absolute atomic E-state index is 0.0119. The average Bonchev–Trinajstić information content (AvgIpc) is 3.30. The van der Waals surface area contributed by atoms with Gasteiger partial charge in [-0.1, -0.05) is 18.2 Å². The summed E-state index contributed by atoms with van der Waals surface area (Å²) in [6.45, 7) is 3.22. The lowest BCUT2D eigenvalue weighted by Gasteiger charge is -2.18. The molecule has 0 saturated carbocycles. The number of aromatic nitrogens is 1. The fourth-order valence-corrected chi connectivity index (χ4v) is 4.78. The van der Waals surface area contributed by atoms with Crippen LogP contribution in [0.2, 0.25) is 0 Å². The Balaban J connectivity index is 1.56. The molecule has 3 aromatic carbocycles. The van der Waals surface area contributed by atoms with Crippen molar-refractivity contribution in [2.45, 2.75) is 16.8 Å². The molecule has 174 valence electrons. The van der Waals surface area contributed by atoms with E-state index in [0.717, 1.165) is 0 Å². The zero-order chi connectivity index (χ0) is 23.5. The van der Waals surface area contributed by atoms with Gasteiger partial charge < -0.3 is 23.9 Å². The Morgan fingerprint density at radius 2 is 1.68 bits per heavy atom. The standard InChI is InChI=1S/C25H22N2O6S/c1-2-30-19-10-8-18(9-11-19)26-24-25(27-23(33-24)17-6-4-3-5-7-17)34(28,29)20-12-13-21-22(16-20)32-15-14-31-21/h3-13,16,26H,2,14-15H2,1H3. The summed E-state index contributed by atoms with van der Waals surface area (Å²) in [5.41, 5.74) is 1.28. The third kappa shape index (κ3) is 4.29. The molecule has 4 aromatic rings. The van der Waals surface area contributed by atoms with E-state index < -0.39 is 9.84 Å². The zero-order valence-electron chi connectivity index (χ0n) is 18.4. The van der Waals surface area contributed by atoms with Gasteiger partial charge in [-0.3, -0.25) is 0 Å². The van der Waals surface area contributed by atoms with Crippen molar-refractivity contribution in [3.05, 3.63) is 72.8 Å². The highest BCUT2D eigenvalue weighted by Gasteiger charge is 2.30. The first-order chi connectivity index (χ1) is 16.5. The van der Waals surface area contributed by atoms with E-state index in [-0.39, 0.29) is 21.7 Å². The quantitative estimate of drug-likeness (QED) is 0.392. The van der Waals surface area contributed by atoms with Crippen LogP contribution in [0.5, 0.6) is 17.2 Å². The fraction of sp³-hybridized carbons (Fsp3) is 0.160. The highest BCUT2D eigenvalue weighted by Crippen LogP contribution is 2.38. The molecule has 0 fully saturated rings. The van der Waals surface area contributed by atoms with Crippen LogP contribution in [-0.2, 0) is 9.84 Å². The van der Waals surface area contributed by atoms with E-state index >= 15 is 0 Å². The van der Waals surface area contributed by atoms with Crippen LogP contribution in [0.4, 0.5) is 11.6 Å². The van der Waals surface area contributed by atoms with Crippen molar-refractivity contribution in [2.24, 2.45) is 0 Å². The van der Waals surface area contributed by atoms with Crippen molar-refractivity contribution in [1.82, 2.24) is 4.98 Å². The number of nitrogens with one attached hydrogen (secondary N) is 1. The van der Waals surface area contributed by atoms with Crippen LogP contribution in [0.25, 0.3) is 11.5 Å². The number of oxazole rings is 1. The third-order valence-corrected chi connectivity index (χ3v) is 6.78. The molecule has 0 radical (unpaired) electrons. The Labute approximate surface area is 197 Å². The average molecular weight is 479 g/mol. The van der Waals surface area contributed by atoms with E-state index in [1.807, 2.05) is 25.1 Å². The maximum atomic E-state index is 13.6. The molecule has 8 nitrogen and oxygen atoms in total. The molecule has 0 spiro atoms. The number of benzene rings is 3. The van der Waals surface area contributed by atoms with Gasteiger partial charge in [-0.2, -0.15) is 4.98 Å². The Bertz CT molecular complexity index is 1400. The SMILES string of the molecule is CCOc1ccc(Nc2oc(-c3ccccc3)nc2S(=O)(=O)c2ccc3c(c2)OCCO3)cc1. The first-order valence-electron chi connectivity index (χ1n) is 10.8. The number of ether oxygens (including phenoxy) is 3. The molecule has 1 aromatic heterocycles. The second kappa shape index (κ2) is 9.11. The van der Waals surface area contributed by atoms with Crippen LogP contribution < -0.4 is 19.5 Å². The number of sulfone groups is 1. The molecule has 5 rings (SSSR count). The van der Waals surface area contributed by atoms with Crippen molar-refractivity contribution in [3.8, 4) is 28.7 Å². The van der Waals surface area contributed by atoms with E-state index in [4.69, 9.17) is 18.6 Å². The lowest BCUT2D eigenvalue weighted by Crippen LogP contribution is -2.16. The van der Waals surface area contributed by atoms with Gasteiger partial charge in [0.15, 0.2) is 11.5 Å². The molecule has 9 heteroatoms. The molecule has 0 aliphatic carbocycles. The van der Waals surface area contributed by atoms with Crippen LogP contribution in [-0.4, -0.2) is 33.2 Å². The van der Waals surface area contributed by atoms with E-state index in [0.29, 0.717) is 48.3 Å². The highest BCUT2D eigenvalue weighted by atomic mass is 32.2. The van der Waals surface area contributed by atoms with E-state index in [1.165, 1.54) is 12.1 Å². The summed E-state index contributed by atoms with van der Waals surface area (Å²) >= 11 is 0. The van der Waals surface area contributed by atoms with Gasteiger partial charge in [0.1, 0.15) is 19.0 Å². The number of anilines is 2. The Morgan fingerprint density at radius 3 is 2.41 bits per heavy atom. The second-order valence-electron chi connectivity index (χ2n) is 7.41. The minimum Gasteiger partial charge on any atom is -0.494 e. The summed E-state index contributed by atoms with van der Waals surface area (Å²) in [6.07, 6.45) is 0. The number of nitrogens with zero attached hydrogens (tertiary/aromatic N) is 1. The number of hydrogen-bond acceptors (Lipinski definition) is 8. The molecule has 1 aliphatic heterocycles. The summed E-state index contributed by atoms with van der Waals surface area (Å²) in [5.74, 6) is 1.78. The largest absolute Gasteiger partial charge is 0.494 e. The van der Waals surface area contributed by atoms with Crippen molar-refractivity contribution in [1.29, 1.82) is 0 Å². The summed E-state index contributed by atoms with van der Waals surface area (Å²) in [6, 6.07) is 20.7. The molecule has 0 unspecified atom stereocenters. The molecule has 0 saturated heterocycles. The minimum atomic E-state index is -4.05. The van der Waals surface area contributed by atoms with Crippen LogP contribution in [0.15, 0.2) is 87.1 Å². The molecule has 1 aliphatic rings. The predicted octanol–water partition coefficient (Wildman–Crippen LogP) is 5.09. The fourth-order valence-electron chi connectivity index (χ4n) is 3.51. The zero-order valence-corrected chi connectivity index (χ0v) is 19.2. The number of hydrogen-bond donors (Lipinski definition) is 1. The van der Waals surface area contributed by atoms with Gasteiger partial charge in [-0.05, 0) is 55.5 Å². The maximum Gasteiger partial charge on any atom is 0.238 e. The summed E-state index contributed by atoms with van der Waals surface area (Å²) in [5, 5.41) is 2.83. The number of rotatable bonds is 7. The molecule has 0 amide bonds. The topological polar surface area (TPSA) is 99.9 Å². The van der Waals surface area contributed by atoms with Gasteiger partial charge in [0.25, 0.3) is 0 Å². The maximum absolute atomic E-state index is 13.6. The van der Waals surface area contributed by atoms with E-state index in [9.17, 15) is 8.42 Å². The lowest BCUT2D eigenvalue weighted by atomic mass is 10.2. The molecule has 0 atom stereocenters. The third-order valence-electron chi connectivity index (χ3n) is 5.12. The predicted molar refractivity (Wildman–Crippen MR) is 126 cm³/mol. The van der Waals surface area contributed by atoms with Crippen molar-refractivity contribution in [3.63, 3.8) is 0 Å². The Hall–Kier alpha value is -3.98. The smallest absolute Gasteiger partial charge is 0.238 e. The van der Waals surface area contributed by atoms with E-state index in [2.05, 4.69) is 10.3 Å². The van der Waals surface area contributed by atoms with Crippen LogP contribution >= 0.6 is 0 Å². The van der Waals surface area contributed by atoms with Crippen LogP contribution in [0.1, 0.15) is 6.92 Å². The van der Waals surface area contributed by atoms with Crippen LogP contribution in [0.3, 0.4) is 0 Å². The van der Waals surface area contributed by atoms with Gasteiger partial charge in [0, 0.05) is 17.3 Å². The Morgan fingerprint density at radius 1 is 0.941 bits per heavy atom. The molecule has 2 heterocycles. The van der Waals surface area contributed by atoms with Gasteiger partial charge in [-0.25, -0.2) is 8.42 Å². The highest BCUT2D eigenvalue weighted by molar-refractivity contribution is 7.91. The summed E-state index contributed by atoms with van der Waals surface area (Å²) < 4.78 is 49.7.